The smallest absolute Gasteiger partial charge is 0.141 e. The van der Waals surface area contributed by atoms with Crippen LogP contribution in [-0.4, -0.2) is 9.97 Å². The molecule has 0 unspecified atom stereocenters. The fourth-order valence-corrected chi connectivity index (χ4v) is 2.04. The third-order valence-electron chi connectivity index (χ3n) is 2.65. The van der Waals surface area contributed by atoms with Crippen molar-refractivity contribution in [1.82, 2.24) is 9.97 Å². The Morgan fingerprint density at radius 2 is 1.67 bits per heavy atom. The summed E-state index contributed by atoms with van der Waals surface area (Å²) in [6.45, 7) is 0. The molecule has 0 atom stereocenters. The second-order valence-corrected chi connectivity index (χ2v) is 4.79. The Labute approximate surface area is 113 Å². The van der Waals surface area contributed by atoms with Crippen molar-refractivity contribution in [2.75, 3.05) is 5.32 Å². The van der Waals surface area contributed by atoms with Gasteiger partial charge in [-0.2, -0.15) is 0 Å². The Morgan fingerprint density at radius 1 is 0.889 bits per heavy atom. The maximum Gasteiger partial charge on any atom is 0.141 e. The molecule has 1 aromatic heterocycles. The molecule has 3 nitrogen and oxygen atoms in total. The topological polar surface area (TPSA) is 37.8 Å². The van der Waals surface area contributed by atoms with Crippen molar-refractivity contribution in [3.05, 3.63) is 59.3 Å². The fraction of sp³-hybridized carbons (Fsp3) is 0. The molecule has 3 aromatic rings. The van der Waals surface area contributed by atoms with Crippen LogP contribution in [0.2, 0.25) is 0 Å². The zero-order valence-electron chi connectivity index (χ0n) is 9.47. The van der Waals surface area contributed by atoms with Crippen molar-refractivity contribution in [3.63, 3.8) is 0 Å². The van der Waals surface area contributed by atoms with E-state index in [0.29, 0.717) is 0 Å². The van der Waals surface area contributed by atoms with Crippen molar-refractivity contribution in [1.29, 1.82) is 0 Å². The Bertz CT molecular complexity index is 675. The lowest BCUT2D eigenvalue weighted by molar-refractivity contribution is 1.22. The molecule has 1 heterocycles. The summed E-state index contributed by atoms with van der Waals surface area (Å²) in [5.74, 6) is 0.822. The number of rotatable bonds is 2. The molecule has 18 heavy (non-hydrogen) atoms. The first kappa shape index (κ1) is 11.2. The molecule has 4 heteroatoms. The van der Waals surface area contributed by atoms with Crippen molar-refractivity contribution in [3.8, 4) is 0 Å². The number of hydrogen-bond donors (Lipinski definition) is 1. The lowest BCUT2D eigenvalue weighted by atomic mass is 10.2. The molecule has 2 aromatic carbocycles. The summed E-state index contributed by atoms with van der Waals surface area (Å²) in [6.07, 6.45) is 1.57. The molecule has 0 saturated heterocycles. The number of aromatic nitrogens is 2. The highest BCUT2D eigenvalue weighted by Gasteiger charge is 2.02. The van der Waals surface area contributed by atoms with E-state index >= 15 is 0 Å². The van der Waals surface area contributed by atoms with Crippen LogP contribution >= 0.6 is 15.9 Å². The zero-order chi connectivity index (χ0) is 12.4. The van der Waals surface area contributed by atoms with Crippen LogP contribution in [0, 0.1) is 0 Å². The van der Waals surface area contributed by atoms with Gasteiger partial charge in [0.15, 0.2) is 0 Å². The summed E-state index contributed by atoms with van der Waals surface area (Å²) in [6, 6.07) is 15.9. The first-order valence-electron chi connectivity index (χ1n) is 5.55. The van der Waals surface area contributed by atoms with Gasteiger partial charge in [0.25, 0.3) is 0 Å². The van der Waals surface area contributed by atoms with Crippen molar-refractivity contribution >= 4 is 38.3 Å². The van der Waals surface area contributed by atoms with Crippen molar-refractivity contribution < 1.29 is 0 Å². The van der Waals surface area contributed by atoms with Crippen molar-refractivity contribution in [2.24, 2.45) is 0 Å². The number of fused-ring (bicyclic) bond motifs is 1. The Hall–Kier alpha value is -1.94. The van der Waals surface area contributed by atoms with Crippen molar-refractivity contribution in [2.45, 2.75) is 0 Å². The van der Waals surface area contributed by atoms with Crippen LogP contribution in [0.3, 0.4) is 0 Å². The number of nitrogens with one attached hydrogen (secondary N) is 1. The summed E-state index contributed by atoms with van der Waals surface area (Å²) >= 11 is 3.42. The summed E-state index contributed by atoms with van der Waals surface area (Å²) in [5, 5.41) is 4.32. The van der Waals surface area contributed by atoms with E-state index in [9.17, 15) is 0 Å². The lowest BCUT2D eigenvalue weighted by Gasteiger charge is -2.08. The molecular weight excluding hydrogens is 290 g/mol. The van der Waals surface area contributed by atoms with Crippen LogP contribution in [0.15, 0.2) is 59.3 Å². The number of nitrogens with zero attached hydrogens (tertiary/aromatic N) is 2. The third-order valence-corrected chi connectivity index (χ3v) is 3.18. The monoisotopic (exact) mass is 299 g/mol. The second-order valence-electron chi connectivity index (χ2n) is 3.87. The van der Waals surface area contributed by atoms with E-state index in [2.05, 4.69) is 31.2 Å². The van der Waals surface area contributed by atoms with E-state index in [-0.39, 0.29) is 0 Å². The number of benzene rings is 2. The van der Waals surface area contributed by atoms with E-state index < -0.39 is 0 Å². The molecule has 0 aliphatic heterocycles. The van der Waals surface area contributed by atoms with Gasteiger partial charge in [0, 0.05) is 15.5 Å². The van der Waals surface area contributed by atoms with Crippen LogP contribution in [0.5, 0.6) is 0 Å². The van der Waals surface area contributed by atoms with Gasteiger partial charge >= 0.3 is 0 Å². The Morgan fingerprint density at radius 3 is 2.50 bits per heavy atom. The maximum absolute atomic E-state index is 4.29. The fourth-order valence-electron chi connectivity index (χ4n) is 1.77. The molecule has 0 aliphatic carbocycles. The summed E-state index contributed by atoms with van der Waals surface area (Å²) in [7, 11) is 0. The van der Waals surface area contributed by atoms with Gasteiger partial charge in [-0.1, -0.05) is 28.1 Å². The van der Waals surface area contributed by atoms with E-state index in [1.54, 1.807) is 6.33 Å². The molecule has 3 rings (SSSR count). The second kappa shape index (κ2) is 4.74. The third kappa shape index (κ3) is 2.19. The van der Waals surface area contributed by atoms with Crippen LogP contribution in [-0.2, 0) is 0 Å². The molecule has 0 spiro atoms. The minimum absolute atomic E-state index is 0.822. The van der Waals surface area contributed by atoms with Gasteiger partial charge in [-0.25, -0.2) is 9.97 Å². The SMILES string of the molecule is Brc1ccc(Nc2ncnc3ccccc23)cc1. The average Bonchev–Trinajstić information content (AvgIpc) is 2.42. The van der Waals surface area contributed by atoms with Crippen LogP contribution in [0.4, 0.5) is 11.5 Å². The Kier molecular flexibility index (Phi) is 2.94. The first-order valence-corrected chi connectivity index (χ1v) is 6.34. The molecule has 0 amide bonds. The normalized spacial score (nSPS) is 10.5. The minimum Gasteiger partial charge on any atom is -0.340 e. The summed E-state index contributed by atoms with van der Waals surface area (Å²) < 4.78 is 1.06. The van der Waals surface area contributed by atoms with Crippen LogP contribution < -0.4 is 5.32 Å². The quantitative estimate of drug-likeness (QED) is 0.773. The highest BCUT2D eigenvalue weighted by molar-refractivity contribution is 9.10. The number of anilines is 2. The van der Waals surface area contributed by atoms with Gasteiger partial charge in [0.2, 0.25) is 0 Å². The molecule has 0 fully saturated rings. The van der Waals surface area contributed by atoms with Gasteiger partial charge in [0.05, 0.1) is 5.52 Å². The van der Waals surface area contributed by atoms with E-state index in [4.69, 9.17) is 0 Å². The molecular formula is C14H10BrN3. The van der Waals surface area contributed by atoms with Gasteiger partial charge in [0.1, 0.15) is 12.1 Å². The average molecular weight is 300 g/mol. The van der Waals surface area contributed by atoms with Crippen LogP contribution in [0.1, 0.15) is 0 Å². The highest BCUT2D eigenvalue weighted by Crippen LogP contribution is 2.23. The van der Waals surface area contributed by atoms with Gasteiger partial charge in [-0.05, 0) is 36.4 Å². The maximum atomic E-state index is 4.29. The van der Waals surface area contributed by atoms with Gasteiger partial charge in [-0.3, -0.25) is 0 Å². The number of para-hydroxylation sites is 1. The molecule has 0 bridgehead atoms. The molecule has 0 radical (unpaired) electrons. The summed E-state index contributed by atoms with van der Waals surface area (Å²) in [5.41, 5.74) is 1.94. The Balaban J connectivity index is 2.02. The number of hydrogen-bond acceptors (Lipinski definition) is 3. The van der Waals surface area contributed by atoms with Crippen LogP contribution in [0.25, 0.3) is 10.9 Å². The lowest BCUT2D eigenvalue weighted by Crippen LogP contribution is -1.95. The molecule has 0 saturated carbocycles. The van der Waals surface area contributed by atoms with E-state index in [0.717, 1.165) is 26.9 Å². The van der Waals surface area contributed by atoms with Gasteiger partial charge in [-0.15, -0.1) is 0 Å². The predicted molar refractivity (Wildman–Crippen MR) is 77.0 cm³/mol. The molecule has 1 N–H and O–H groups in total. The van der Waals surface area contributed by atoms with Gasteiger partial charge < -0.3 is 5.32 Å². The molecule has 0 aliphatic rings. The number of halogens is 1. The zero-order valence-corrected chi connectivity index (χ0v) is 11.1. The standard InChI is InChI=1S/C14H10BrN3/c15-10-5-7-11(8-6-10)18-14-12-3-1-2-4-13(12)16-9-17-14/h1-9H,(H,16,17,18). The first-order chi connectivity index (χ1) is 8.83. The predicted octanol–water partition coefficient (Wildman–Crippen LogP) is 4.14. The highest BCUT2D eigenvalue weighted by atomic mass is 79.9. The molecule has 88 valence electrons. The minimum atomic E-state index is 0.822. The largest absolute Gasteiger partial charge is 0.340 e. The van der Waals surface area contributed by atoms with E-state index in [1.807, 2.05) is 48.5 Å². The van der Waals surface area contributed by atoms with E-state index in [1.165, 1.54) is 0 Å². The summed E-state index contributed by atoms with van der Waals surface area (Å²) in [4.78, 5) is 8.53.